The summed E-state index contributed by atoms with van der Waals surface area (Å²) in [5.41, 5.74) is -0.160. The summed E-state index contributed by atoms with van der Waals surface area (Å²) >= 11 is 0. The molecule has 110 valence electrons. The van der Waals surface area contributed by atoms with Gasteiger partial charge in [0, 0.05) is 13.7 Å². The quantitative estimate of drug-likeness (QED) is 0.724. The molecule has 7 heteroatoms. The van der Waals surface area contributed by atoms with Crippen molar-refractivity contribution in [3.8, 4) is 0 Å². The highest BCUT2D eigenvalue weighted by Crippen LogP contribution is 2.48. The van der Waals surface area contributed by atoms with Crippen LogP contribution in [0.2, 0.25) is 0 Å². The van der Waals surface area contributed by atoms with Crippen LogP contribution in [0.4, 0.5) is 0 Å². The first-order valence-corrected chi connectivity index (χ1v) is 7.73. The molecular formula is C13H17NO5S. The van der Waals surface area contributed by atoms with E-state index in [0.29, 0.717) is 25.0 Å². The van der Waals surface area contributed by atoms with E-state index < -0.39 is 21.4 Å². The van der Waals surface area contributed by atoms with E-state index in [1.165, 1.54) is 19.2 Å². The monoisotopic (exact) mass is 299 g/mol. The average Bonchev–Trinajstić information content (AvgIpc) is 3.20. The van der Waals surface area contributed by atoms with Gasteiger partial charge >= 0.3 is 5.97 Å². The standard InChI is InChI=1S/C13H17NO5S/c1-19-9-8-14-20(17,18)11-4-2-10(3-5-11)13(6-7-13)12(15)16/h2-5,14H,6-9H2,1H3,(H,15,16). The maximum absolute atomic E-state index is 11.9. The van der Waals surface area contributed by atoms with Crippen molar-refractivity contribution >= 4 is 16.0 Å². The van der Waals surface area contributed by atoms with Crippen LogP contribution < -0.4 is 4.72 Å². The number of aliphatic carboxylic acids is 1. The lowest BCUT2D eigenvalue weighted by Gasteiger charge is -2.11. The topological polar surface area (TPSA) is 92.7 Å². The second kappa shape index (κ2) is 5.51. The zero-order valence-corrected chi connectivity index (χ0v) is 11.9. The molecule has 0 aromatic heterocycles. The summed E-state index contributed by atoms with van der Waals surface area (Å²) in [7, 11) is -2.08. The molecule has 0 spiro atoms. The third kappa shape index (κ3) is 2.84. The molecule has 0 heterocycles. The van der Waals surface area contributed by atoms with Gasteiger partial charge < -0.3 is 9.84 Å². The zero-order valence-electron chi connectivity index (χ0n) is 11.1. The fourth-order valence-electron chi connectivity index (χ4n) is 2.07. The molecule has 1 aliphatic rings. The molecule has 1 saturated carbocycles. The Morgan fingerprint density at radius 1 is 1.35 bits per heavy atom. The summed E-state index contributed by atoms with van der Waals surface area (Å²) in [6.07, 6.45) is 1.20. The first kappa shape index (κ1) is 15.0. The van der Waals surface area contributed by atoms with Crippen LogP contribution in [0.25, 0.3) is 0 Å². The molecule has 1 aromatic carbocycles. The first-order chi connectivity index (χ1) is 9.42. The average molecular weight is 299 g/mol. The van der Waals surface area contributed by atoms with Gasteiger partial charge in [0.1, 0.15) is 0 Å². The predicted molar refractivity (Wildman–Crippen MR) is 72.1 cm³/mol. The number of hydrogen-bond acceptors (Lipinski definition) is 4. The van der Waals surface area contributed by atoms with E-state index in [-0.39, 0.29) is 11.4 Å². The van der Waals surface area contributed by atoms with Gasteiger partial charge in [-0.15, -0.1) is 0 Å². The molecule has 0 radical (unpaired) electrons. The number of carboxylic acid groups (broad SMARTS) is 1. The number of nitrogens with one attached hydrogen (secondary N) is 1. The molecule has 0 aliphatic heterocycles. The molecule has 6 nitrogen and oxygen atoms in total. The second-order valence-electron chi connectivity index (χ2n) is 4.80. The molecule has 0 bridgehead atoms. The molecular weight excluding hydrogens is 282 g/mol. The molecule has 0 atom stereocenters. The molecule has 0 unspecified atom stereocenters. The Morgan fingerprint density at radius 3 is 2.40 bits per heavy atom. The highest BCUT2D eigenvalue weighted by Gasteiger charge is 2.51. The van der Waals surface area contributed by atoms with E-state index in [9.17, 15) is 18.3 Å². The molecule has 2 rings (SSSR count). The molecule has 0 amide bonds. The van der Waals surface area contributed by atoms with Crippen molar-refractivity contribution in [3.63, 3.8) is 0 Å². The van der Waals surface area contributed by atoms with Crippen molar-refractivity contribution in [2.24, 2.45) is 0 Å². The van der Waals surface area contributed by atoms with Gasteiger partial charge in [-0.05, 0) is 30.5 Å². The lowest BCUT2D eigenvalue weighted by molar-refractivity contribution is -0.140. The molecule has 1 aliphatic carbocycles. The lowest BCUT2D eigenvalue weighted by atomic mass is 9.96. The number of rotatable bonds is 7. The van der Waals surface area contributed by atoms with E-state index in [2.05, 4.69) is 4.72 Å². The van der Waals surface area contributed by atoms with Gasteiger partial charge in [0.05, 0.1) is 16.9 Å². The van der Waals surface area contributed by atoms with Gasteiger partial charge in [0.2, 0.25) is 10.0 Å². The highest BCUT2D eigenvalue weighted by atomic mass is 32.2. The summed E-state index contributed by atoms with van der Waals surface area (Å²) < 4.78 is 31.1. The van der Waals surface area contributed by atoms with Crippen molar-refractivity contribution in [1.82, 2.24) is 4.72 Å². The number of hydrogen-bond donors (Lipinski definition) is 2. The van der Waals surface area contributed by atoms with Crippen LogP contribution in [0, 0.1) is 0 Å². The Balaban J connectivity index is 2.14. The summed E-state index contributed by atoms with van der Waals surface area (Å²) in [6, 6.07) is 6.03. The normalized spacial score (nSPS) is 16.9. The fourth-order valence-corrected chi connectivity index (χ4v) is 3.08. The van der Waals surface area contributed by atoms with Crippen LogP contribution in [-0.4, -0.2) is 39.8 Å². The third-order valence-electron chi connectivity index (χ3n) is 3.47. The van der Waals surface area contributed by atoms with E-state index in [0.717, 1.165) is 0 Å². The zero-order chi connectivity index (χ0) is 14.8. The van der Waals surface area contributed by atoms with Crippen LogP contribution in [0.5, 0.6) is 0 Å². The Bertz CT molecular complexity index is 590. The van der Waals surface area contributed by atoms with Gasteiger partial charge in [-0.25, -0.2) is 13.1 Å². The summed E-state index contributed by atoms with van der Waals surface area (Å²) in [4.78, 5) is 11.3. The summed E-state index contributed by atoms with van der Waals surface area (Å²) in [6.45, 7) is 0.485. The molecule has 1 aromatic rings. The van der Waals surface area contributed by atoms with Crippen molar-refractivity contribution < 1.29 is 23.1 Å². The van der Waals surface area contributed by atoms with Crippen molar-refractivity contribution in [3.05, 3.63) is 29.8 Å². The lowest BCUT2D eigenvalue weighted by Crippen LogP contribution is -2.27. The smallest absolute Gasteiger partial charge is 0.314 e. The minimum Gasteiger partial charge on any atom is -0.481 e. The van der Waals surface area contributed by atoms with Crippen molar-refractivity contribution in [2.45, 2.75) is 23.2 Å². The van der Waals surface area contributed by atoms with E-state index in [1.54, 1.807) is 12.1 Å². The predicted octanol–water partition coefficient (Wildman–Crippen LogP) is 0.727. The molecule has 20 heavy (non-hydrogen) atoms. The van der Waals surface area contributed by atoms with Gasteiger partial charge in [0.15, 0.2) is 0 Å². The van der Waals surface area contributed by atoms with Crippen LogP contribution in [0.1, 0.15) is 18.4 Å². The van der Waals surface area contributed by atoms with Crippen LogP contribution in [-0.2, 0) is 25.0 Å². The fraction of sp³-hybridized carbons (Fsp3) is 0.462. The Hall–Kier alpha value is -1.44. The number of benzene rings is 1. The number of sulfonamides is 1. The molecule has 1 fully saturated rings. The SMILES string of the molecule is COCCNS(=O)(=O)c1ccc(C2(C(=O)O)CC2)cc1. The number of carbonyl (C=O) groups is 1. The van der Waals surface area contributed by atoms with Crippen molar-refractivity contribution in [1.29, 1.82) is 0 Å². The number of ether oxygens (including phenoxy) is 1. The van der Waals surface area contributed by atoms with Crippen LogP contribution in [0.15, 0.2) is 29.2 Å². The van der Waals surface area contributed by atoms with E-state index in [4.69, 9.17) is 4.74 Å². The minimum atomic E-state index is -3.57. The minimum absolute atomic E-state index is 0.124. The molecule has 0 saturated heterocycles. The van der Waals surface area contributed by atoms with E-state index >= 15 is 0 Å². The van der Waals surface area contributed by atoms with Crippen molar-refractivity contribution in [2.75, 3.05) is 20.3 Å². The third-order valence-corrected chi connectivity index (χ3v) is 4.95. The molecule has 2 N–H and O–H groups in total. The van der Waals surface area contributed by atoms with Crippen LogP contribution in [0.3, 0.4) is 0 Å². The maximum Gasteiger partial charge on any atom is 0.314 e. The van der Waals surface area contributed by atoms with E-state index in [1.807, 2.05) is 0 Å². The van der Waals surface area contributed by atoms with Gasteiger partial charge in [-0.1, -0.05) is 12.1 Å². The van der Waals surface area contributed by atoms with Gasteiger partial charge in [-0.3, -0.25) is 4.79 Å². The Labute approximate surface area is 117 Å². The number of methoxy groups -OCH3 is 1. The summed E-state index contributed by atoms with van der Waals surface area (Å²) in [5, 5.41) is 9.19. The highest BCUT2D eigenvalue weighted by molar-refractivity contribution is 7.89. The first-order valence-electron chi connectivity index (χ1n) is 6.25. The Kier molecular flexibility index (Phi) is 4.12. The summed E-state index contributed by atoms with van der Waals surface area (Å²) in [5.74, 6) is -0.855. The maximum atomic E-state index is 11.9. The van der Waals surface area contributed by atoms with Crippen LogP contribution >= 0.6 is 0 Å². The van der Waals surface area contributed by atoms with Gasteiger partial charge in [-0.2, -0.15) is 0 Å². The Morgan fingerprint density at radius 2 is 1.95 bits per heavy atom. The number of carboxylic acids is 1. The van der Waals surface area contributed by atoms with Gasteiger partial charge in [0.25, 0.3) is 0 Å². The largest absolute Gasteiger partial charge is 0.481 e. The second-order valence-corrected chi connectivity index (χ2v) is 6.57.